The monoisotopic (exact) mass is 484 g/mol. The van der Waals surface area contributed by atoms with E-state index >= 15 is 0 Å². The number of hydrogen-bond donors (Lipinski definition) is 2. The van der Waals surface area contributed by atoms with E-state index in [2.05, 4.69) is 36.4 Å². The molecule has 0 spiro atoms. The summed E-state index contributed by atoms with van der Waals surface area (Å²) < 4.78 is 10.3. The Morgan fingerprint density at radius 2 is 0.941 bits per heavy atom. The van der Waals surface area contributed by atoms with E-state index in [9.17, 15) is 10.0 Å². The molecule has 0 saturated heterocycles. The first-order valence-electron chi connectivity index (χ1n) is 11.0. The second kappa shape index (κ2) is 10.9. The van der Waals surface area contributed by atoms with E-state index in [1.165, 1.54) is 9.79 Å². The van der Waals surface area contributed by atoms with Gasteiger partial charge in [0.05, 0.1) is 13.2 Å². The van der Waals surface area contributed by atoms with E-state index in [-0.39, 0.29) is 0 Å². The Hall–Kier alpha value is -2.45. The molecule has 34 heavy (non-hydrogen) atoms. The fourth-order valence-electron chi connectivity index (χ4n) is 3.76. The van der Waals surface area contributed by atoms with E-state index in [4.69, 9.17) is 9.31 Å². The van der Waals surface area contributed by atoms with Crippen LogP contribution in [0.15, 0.2) is 117 Å². The van der Waals surface area contributed by atoms with Crippen LogP contribution >= 0.6 is 23.5 Å². The third-order valence-electron chi connectivity index (χ3n) is 5.52. The quantitative estimate of drug-likeness (QED) is 0.426. The van der Waals surface area contributed by atoms with Crippen LogP contribution in [0.1, 0.15) is 11.1 Å². The summed E-state index contributed by atoms with van der Waals surface area (Å²) in [7, 11) is -1.53. The van der Waals surface area contributed by atoms with Crippen molar-refractivity contribution in [3.05, 3.63) is 108 Å². The molecule has 0 fully saturated rings. The van der Waals surface area contributed by atoms with Crippen LogP contribution in [0.4, 0.5) is 0 Å². The molecule has 2 aliphatic rings. The lowest BCUT2D eigenvalue weighted by atomic mass is 9.80. The Morgan fingerprint density at radius 1 is 0.529 bits per heavy atom. The number of benzene rings is 4. The van der Waals surface area contributed by atoms with Gasteiger partial charge in [0.2, 0.25) is 0 Å². The second-order valence-electron chi connectivity index (χ2n) is 7.88. The van der Waals surface area contributed by atoms with E-state index in [1.807, 2.05) is 60.7 Å². The zero-order valence-corrected chi connectivity index (χ0v) is 20.0. The lowest BCUT2D eigenvalue weighted by Gasteiger charge is -2.04. The Balaban J connectivity index is 0.000000142. The first-order chi connectivity index (χ1) is 16.7. The van der Waals surface area contributed by atoms with Crippen LogP contribution in [0.2, 0.25) is 0 Å². The van der Waals surface area contributed by atoms with Crippen molar-refractivity contribution in [1.29, 1.82) is 0 Å². The summed E-state index contributed by atoms with van der Waals surface area (Å²) in [6, 6.07) is 32.6. The largest absolute Gasteiger partial charge is 0.491 e. The third kappa shape index (κ3) is 5.61. The molecule has 0 unspecified atom stereocenters. The normalized spacial score (nSPS) is 13.8. The lowest BCUT2D eigenvalue weighted by molar-refractivity contribution is 0.275. The maximum atomic E-state index is 9.64. The fourth-order valence-corrected chi connectivity index (χ4v) is 5.54. The van der Waals surface area contributed by atoms with Crippen molar-refractivity contribution in [3.63, 3.8) is 0 Å². The van der Waals surface area contributed by atoms with Crippen molar-refractivity contribution in [3.8, 4) is 0 Å². The maximum absolute atomic E-state index is 9.64. The molecule has 0 saturated carbocycles. The molecule has 0 atom stereocenters. The SMILES string of the molecule is OB1OCc2ccc(Sc3ccccc3)cc21.OB1OCc2ccc(Sc3ccccc3)cc21. The van der Waals surface area contributed by atoms with E-state index < -0.39 is 14.2 Å². The summed E-state index contributed by atoms with van der Waals surface area (Å²) in [5.41, 5.74) is 3.95. The summed E-state index contributed by atoms with van der Waals surface area (Å²) in [6.45, 7) is 1.01. The molecule has 0 aliphatic carbocycles. The second-order valence-corrected chi connectivity index (χ2v) is 10.2. The molecule has 8 heteroatoms. The molecule has 0 aromatic heterocycles. The van der Waals surface area contributed by atoms with Gasteiger partial charge in [-0.3, -0.25) is 0 Å². The first kappa shape index (κ1) is 23.3. The predicted molar refractivity (Wildman–Crippen MR) is 139 cm³/mol. The van der Waals surface area contributed by atoms with Crippen molar-refractivity contribution in [2.75, 3.05) is 0 Å². The van der Waals surface area contributed by atoms with E-state index in [1.54, 1.807) is 23.5 Å². The molecule has 0 amide bonds. The summed E-state index contributed by atoms with van der Waals surface area (Å²) in [4.78, 5) is 4.64. The van der Waals surface area contributed by atoms with Gasteiger partial charge in [-0.1, -0.05) is 72.1 Å². The molecule has 2 heterocycles. The molecule has 4 aromatic rings. The van der Waals surface area contributed by atoms with Gasteiger partial charge in [0.15, 0.2) is 0 Å². The smallest absolute Gasteiger partial charge is 0.423 e. The Morgan fingerprint density at radius 3 is 1.35 bits per heavy atom. The van der Waals surface area contributed by atoms with Crippen LogP contribution in [-0.2, 0) is 22.5 Å². The van der Waals surface area contributed by atoms with Gasteiger partial charge in [-0.15, -0.1) is 0 Å². The summed E-state index contributed by atoms with van der Waals surface area (Å²) in [5.74, 6) is 0. The van der Waals surface area contributed by atoms with Crippen LogP contribution in [0.5, 0.6) is 0 Å². The molecule has 0 radical (unpaired) electrons. The van der Waals surface area contributed by atoms with Crippen molar-refractivity contribution >= 4 is 48.7 Å². The van der Waals surface area contributed by atoms with Crippen LogP contribution in [-0.4, -0.2) is 24.3 Å². The van der Waals surface area contributed by atoms with Crippen LogP contribution in [0, 0.1) is 0 Å². The molecule has 4 nitrogen and oxygen atoms in total. The highest BCUT2D eigenvalue weighted by Gasteiger charge is 2.28. The van der Waals surface area contributed by atoms with E-state index in [0.29, 0.717) is 13.2 Å². The molecule has 6 rings (SSSR count). The highest BCUT2D eigenvalue weighted by atomic mass is 32.2. The Kier molecular flexibility index (Phi) is 7.45. The lowest BCUT2D eigenvalue weighted by Crippen LogP contribution is -2.27. The molecular weight excluding hydrogens is 462 g/mol. The number of rotatable bonds is 4. The van der Waals surface area contributed by atoms with E-state index in [0.717, 1.165) is 31.8 Å². The average Bonchev–Trinajstić information content (AvgIpc) is 3.43. The molecule has 168 valence electrons. The fraction of sp³-hybridized carbons (Fsp3) is 0.0769. The zero-order chi connectivity index (χ0) is 23.3. The van der Waals surface area contributed by atoms with Gasteiger partial charge in [0.25, 0.3) is 0 Å². The molecule has 0 bridgehead atoms. The van der Waals surface area contributed by atoms with Gasteiger partial charge in [-0.05, 0) is 70.6 Å². The van der Waals surface area contributed by atoms with Crippen molar-refractivity contribution in [2.24, 2.45) is 0 Å². The molecule has 2 N–H and O–H groups in total. The predicted octanol–water partition coefficient (Wildman–Crippen LogP) is 4.11. The summed E-state index contributed by atoms with van der Waals surface area (Å²) in [5, 5.41) is 19.3. The van der Waals surface area contributed by atoms with Gasteiger partial charge in [0.1, 0.15) is 0 Å². The third-order valence-corrected chi connectivity index (χ3v) is 7.51. The van der Waals surface area contributed by atoms with Crippen molar-refractivity contribution < 1.29 is 19.4 Å². The number of hydrogen-bond acceptors (Lipinski definition) is 6. The van der Waals surface area contributed by atoms with Gasteiger partial charge >= 0.3 is 14.2 Å². The first-order valence-corrected chi connectivity index (χ1v) is 12.6. The topological polar surface area (TPSA) is 58.9 Å². The minimum absolute atomic E-state index is 0.507. The summed E-state index contributed by atoms with van der Waals surface area (Å²) >= 11 is 3.38. The van der Waals surface area contributed by atoms with Gasteiger partial charge in [-0.25, -0.2) is 0 Å². The molecule has 4 aromatic carbocycles. The maximum Gasteiger partial charge on any atom is 0.491 e. The van der Waals surface area contributed by atoms with Gasteiger partial charge in [0, 0.05) is 19.6 Å². The van der Waals surface area contributed by atoms with Crippen molar-refractivity contribution in [1.82, 2.24) is 0 Å². The summed E-state index contributed by atoms with van der Waals surface area (Å²) in [6.07, 6.45) is 0. The number of fused-ring (bicyclic) bond motifs is 2. The van der Waals surface area contributed by atoms with Crippen molar-refractivity contribution in [2.45, 2.75) is 32.8 Å². The average molecular weight is 484 g/mol. The minimum Gasteiger partial charge on any atom is -0.423 e. The van der Waals surface area contributed by atoms with Gasteiger partial charge < -0.3 is 19.4 Å². The van der Waals surface area contributed by atoms with Gasteiger partial charge in [-0.2, -0.15) is 0 Å². The van der Waals surface area contributed by atoms with Crippen LogP contribution in [0.25, 0.3) is 0 Å². The van der Waals surface area contributed by atoms with Crippen LogP contribution in [0.3, 0.4) is 0 Å². The minimum atomic E-state index is -0.763. The Labute approximate surface area is 208 Å². The molecule has 2 aliphatic heterocycles. The highest BCUT2D eigenvalue weighted by Crippen LogP contribution is 2.29. The molecular formula is C26H22B2O4S2. The highest BCUT2D eigenvalue weighted by molar-refractivity contribution is 7.99. The Bertz CT molecular complexity index is 1160. The standard InChI is InChI=1S/2C13H11BO2S/c2*15-14-13-8-12(7-6-10(13)9-16-14)17-11-4-2-1-3-5-11/h2*1-8,15H,9H2. The van der Waals surface area contributed by atoms with Crippen LogP contribution < -0.4 is 10.9 Å². The zero-order valence-electron chi connectivity index (χ0n) is 18.3.